The SMILES string of the molecule is O=C(OCc1cccc(C(F)(F)F)c1)c1ccc2c(c1)C(=O)N(CC1CCCO1)C2=O. The molecule has 1 atom stereocenters. The van der Waals surface area contributed by atoms with E-state index >= 15 is 0 Å². The molecule has 4 rings (SSSR count). The molecule has 0 spiro atoms. The molecular weight excluding hydrogens is 415 g/mol. The van der Waals surface area contributed by atoms with Crippen LogP contribution in [0.25, 0.3) is 0 Å². The Labute approximate surface area is 175 Å². The normalized spacial score (nSPS) is 18.4. The minimum atomic E-state index is -4.50. The van der Waals surface area contributed by atoms with Gasteiger partial charge in [0.2, 0.25) is 0 Å². The minimum absolute atomic E-state index is 0.0332. The van der Waals surface area contributed by atoms with Crippen molar-refractivity contribution >= 4 is 17.8 Å². The predicted molar refractivity (Wildman–Crippen MR) is 101 cm³/mol. The van der Waals surface area contributed by atoms with Crippen LogP contribution in [-0.4, -0.2) is 41.9 Å². The van der Waals surface area contributed by atoms with Gasteiger partial charge in [0.15, 0.2) is 0 Å². The van der Waals surface area contributed by atoms with E-state index in [-0.39, 0.29) is 41.5 Å². The topological polar surface area (TPSA) is 72.9 Å². The van der Waals surface area contributed by atoms with Gasteiger partial charge in [0.05, 0.1) is 34.9 Å². The summed E-state index contributed by atoms with van der Waals surface area (Å²) in [5, 5.41) is 0. The monoisotopic (exact) mass is 433 g/mol. The number of carbonyl (C=O) groups excluding carboxylic acids is 3. The number of halogens is 3. The van der Waals surface area contributed by atoms with Gasteiger partial charge in [-0.2, -0.15) is 13.2 Å². The standard InChI is InChI=1S/C22H18F3NO5/c23-22(24,25)15-4-1-3-13(9-15)12-31-21(29)14-6-7-17-18(10-14)20(28)26(19(17)27)11-16-5-2-8-30-16/h1,3-4,6-7,9-10,16H,2,5,8,11-12H2. The van der Waals surface area contributed by atoms with Crippen molar-refractivity contribution < 1.29 is 37.0 Å². The van der Waals surface area contributed by atoms with Crippen molar-refractivity contribution in [2.45, 2.75) is 31.7 Å². The van der Waals surface area contributed by atoms with Crippen LogP contribution in [0.1, 0.15) is 55.0 Å². The lowest BCUT2D eigenvalue weighted by atomic mass is 10.1. The smallest absolute Gasteiger partial charge is 0.416 e. The molecule has 1 unspecified atom stereocenters. The number of hydrogen-bond acceptors (Lipinski definition) is 5. The zero-order chi connectivity index (χ0) is 22.2. The fourth-order valence-corrected chi connectivity index (χ4v) is 3.65. The van der Waals surface area contributed by atoms with Crippen molar-refractivity contribution in [3.8, 4) is 0 Å². The average molecular weight is 433 g/mol. The van der Waals surface area contributed by atoms with E-state index in [2.05, 4.69) is 0 Å². The van der Waals surface area contributed by atoms with Gasteiger partial charge < -0.3 is 9.47 Å². The molecule has 1 saturated heterocycles. The summed E-state index contributed by atoms with van der Waals surface area (Å²) < 4.78 is 49.0. The number of alkyl halides is 3. The summed E-state index contributed by atoms with van der Waals surface area (Å²) in [5.74, 6) is -1.76. The molecule has 2 aromatic rings. The first kappa shape index (κ1) is 21.0. The third-order valence-corrected chi connectivity index (χ3v) is 5.24. The van der Waals surface area contributed by atoms with Crippen LogP contribution in [0.3, 0.4) is 0 Å². The van der Waals surface area contributed by atoms with Gasteiger partial charge in [-0.05, 0) is 48.7 Å². The van der Waals surface area contributed by atoms with Crippen molar-refractivity contribution in [3.63, 3.8) is 0 Å². The highest BCUT2D eigenvalue weighted by molar-refractivity contribution is 6.22. The fourth-order valence-electron chi connectivity index (χ4n) is 3.65. The Kier molecular flexibility index (Phi) is 5.53. The second-order valence-electron chi connectivity index (χ2n) is 7.39. The number of nitrogens with zero attached hydrogens (tertiary/aromatic N) is 1. The summed E-state index contributed by atoms with van der Waals surface area (Å²) in [6, 6.07) is 8.49. The minimum Gasteiger partial charge on any atom is -0.457 e. The molecule has 0 radical (unpaired) electrons. The molecule has 31 heavy (non-hydrogen) atoms. The number of carbonyl (C=O) groups is 3. The largest absolute Gasteiger partial charge is 0.457 e. The summed E-state index contributed by atoms with van der Waals surface area (Å²) in [6.45, 7) is 0.384. The van der Waals surface area contributed by atoms with Gasteiger partial charge in [-0.25, -0.2) is 4.79 Å². The Morgan fingerprint density at radius 1 is 1.10 bits per heavy atom. The lowest BCUT2D eigenvalue weighted by Crippen LogP contribution is -2.36. The number of fused-ring (bicyclic) bond motifs is 1. The maximum absolute atomic E-state index is 12.8. The molecule has 9 heteroatoms. The maximum Gasteiger partial charge on any atom is 0.416 e. The Hall–Kier alpha value is -3.20. The summed E-state index contributed by atoms with van der Waals surface area (Å²) in [5.41, 5.74) is -0.341. The molecule has 0 N–H and O–H groups in total. The number of hydrogen-bond donors (Lipinski definition) is 0. The van der Waals surface area contributed by atoms with Crippen LogP contribution < -0.4 is 0 Å². The molecule has 2 aromatic carbocycles. The molecule has 2 aliphatic heterocycles. The highest BCUT2D eigenvalue weighted by Crippen LogP contribution is 2.30. The van der Waals surface area contributed by atoms with E-state index in [4.69, 9.17) is 9.47 Å². The molecular formula is C22H18F3NO5. The summed E-state index contributed by atoms with van der Waals surface area (Å²) in [6.07, 6.45) is -3.06. The summed E-state index contributed by atoms with van der Waals surface area (Å²) >= 11 is 0. The van der Waals surface area contributed by atoms with Gasteiger partial charge in [0, 0.05) is 6.61 Å². The van der Waals surface area contributed by atoms with Gasteiger partial charge in [-0.15, -0.1) is 0 Å². The molecule has 0 aromatic heterocycles. The number of amides is 2. The van der Waals surface area contributed by atoms with Gasteiger partial charge in [-0.3, -0.25) is 14.5 Å². The Morgan fingerprint density at radius 3 is 2.58 bits per heavy atom. The number of imide groups is 1. The first-order valence-corrected chi connectivity index (χ1v) is 9.69. The fraction of sp³-hybridized carbons (Fsp3) is 0.318. The number of rotatable bonds is 5. The quantitative estimate of drug-likeness (QED) is 0.529. The zero-order valence-electron chi connectivity index (χ0n) is 16.3. The van der Waals surface area contributed by atoms with E-state index in [1.165, 1.54) is 30.3 Å². The molecule has 0 bridgehead atoms. The van der Waals surface area contributed by atoms with Crippen molar-refractivity contribution in [2.75, 3.05) is 13.2 Å². The molecule has 2 aliphatic rings. The highest BCUT2D eigenvalue weighted by Gasteiger charge is 2.38. The summed E-state index contributed by atoms with van der Waals surface area (Å²) in [7, 11) is 0. The van der Waals surface area contributed by atoms with Crippen molar-refractivity contribution in [1.29, 1.82) is 0 Å². The third kappa shape index (κ3) is 4.32. The van der Waals surface area contributed by atoms with E-state index in [0.717, 1.165) is 29.9 Å². The van der Waals surface area contributed by atoms with Gasteiger partial charge in [0.1, 0.15) is 6.61 Å². The molecule has 0 saturated carbocycles. The van der Waals surface area contributed by atoms with E-state index in [1.807, 2.05) is 0 Å². The lowest BCUT2D eigenvalue weighted by molar-refractivity contribution is -0.137. The van der Waals surface area contributed by atoms with E-state index in [0.29, 0.717) is 6.61 Å². The predicted octanol–water partition coefficient (Wildman–Crippen LogP) is 3.84. The maximum atomic E-state index is 12.8. The second-order valence-corrected chi connectivity index (χ2v) is 7.39. The lowest BCUT2D eigenvalue weighted by Gasteiger charge is -2.17. The number of esters is 1. The van der Waals surface area contributed by atoms with Gasteiger partial charge in [-0.1, -0.05) is 12.1 Å². The van der Waals surface area contributed by atoms with Crippen molar-refractivity contribution in [3.05, 3.63) is 70.3 Å². The van der Waals surface area contributed by atoms with Crippen LogP contribution in [0, 0.1) is 0 Å². The molecule has 6 nitrogen and oxygen atoms in total. The Bertz CT molecular complexity index is 1040. The van der Waals surface area contributed by atoms with Crippen LogP contribution in [-0.2, 0) is 22.3 Å². The molecule has 1 fully saturated rings. The molecule has 0 aliphatic carbocycles. The van der Waals surface area contributed by atoms with Crippen LogP contribution in [0.2, 0.25) is 0 Å². The zero-order valence-corrected chi connectivity index (χ0v) is 16.3. The van der Waals surface area contributed by atoms with Crippen LogP contribution >= 0.6 is 0 Å². The first-order valence-electron chi connectivity index (χ1n) is 9.69. The van der Waals surface area contributed by atoms with Crippen LogP contribution in [0.4, 0.5) is 13.2 Å². The van der Waals surface area contributed by atoms with E-state index in [1.54, 1.807) is 0 Å². The third-order valence-electron chi connectivity index (χ3n) is 5.24. The van der Waals surface area contributed by atoms with Gasteiger partial charge in [0.25, 0.3) is 11.8 Å². The molecule has 162 valence electrons. The van der Waals surface area contributed by atoms with Crippen molar-refractivity contribution in [2.24, 2.45) is 0 Å². The van der Waals surface area contributed by atoms with Crippen LogP contribution in [0.15, 0.2) is 42.5 Å². The highest BCUT2D eigenvalue weighted by atomic mass is 19.4. The summed E-state index contributed by atoms with van der Waals surface area (Å²) in [4.78, 5) is 38.7. The number of benzene rings is 2. The van der Waals surface area contributed by atoms with E-state index < -0.39 is 29.5 Å². The van der Waals surface area contributed by atoms with E-state index in [9.17, 15) is 27.6 Å². The molecule has 2 heterocycles. The van der Waals surface area contributed by atoms with Crippen molar-refractivity contribution in [1.82, 2.24) is 4.90 Å². The number of ether oxygens (including phenoxy) is 2. The average Bonchev–Trinajstić information content (AvgIpc) is 3.34. The van der Waals surface area contributed by atoms with Gasteiger partial charge >= 0.3 is 12.1 Å². The first-order chi connectivity index (χ1) is 14.7. The Balaban J connectivity index is 1.45. The second kappa shape index (κ2) is 8.14. The Morgan fingerprint density at radius 2 is 1.87 bits per heavy atom. The molecule has 2 amide bonds. The van der Waals surface area contributed by atoms with Crippen LogP contribution in [0.5, 0.6) is 0 Å².